The number of nitrogens with one attached hydrogen (secondary N) is 1. The SMILES string of the molecule is Cc1ccc(CN(CCc2ccccc2)C(=O)CN(CC2CCCO2)C(=O)Nc2cccc(Cl)c2)o1. The number of halogens is 1. The number of benzene rings is 2. The fraction of sp³-hybridized carbons (Fsp3) is 0.357. The summed E-state index contributed by atoms with van der Waals surface area (Å²) in [5.74, 6) is 1.35. The zero-order chi connectivity index (χ0) is 25.3. The van der Waals surface area contributed by atoms with Gasteiger partial charge in [-0.25, -0.2) is 4.79 Å². The lowest BCUT2D eigenvalue weighted by Gasteiger charge is -2.29. The normalized spacial score (nSPS) is 15.0. The van der Waals surface area contributed by atoms with Crippen molar-refractivity contribution < 1.29 is 18.7 Å². The van der Waals surface area contributed by atoms with Crippen molar-refractivity contribution in [2.75, 3.05) is 31.6 Å². The van der Waals surface area contributed by atoms with E-state index in [1.807, 2.05) is 49.4 Å². The zero-order valence-electron chi connectivity index (χ0n) is 20.5. The predicted octanol–water partition coefficient (Wildman–Crippen LogP) is 5.53. The van der Waals surface area contributed by atoms with Crippen molar-refractivity contribution in [3.8, 4) is 0 Å². The molecular weight excluding hydrogens is 478 g/mol. The van der Waals surface area contributed by atoms with Gasteiger partial charge in [0.2, 0.25) is 5.91 Å². The average molecular weight is 510 g/mol. The topological polar surface area (TPSA) is 75.0 Å². The first-order valence-corrected chi connectivity index (χ1v) is 12.6. The van der Waals surface area contributed by atoms with E-state index in [-0.39, 0.29) is 24.6 Å². The average Bonchev–Trinajstić information content (AvgIpc) is 3.53. The second kappa shape index (κ2) is 12.6. The molecule has 7 nitrogen and oxygen atoms in total. The summed E-state index contributed by atoms with van der Waals surface area (Å²) in [6.07, 6.45) is 2.42. The number of amides is 3. The van der Waals surface area contributed by atoms with Crippen LogP contribution in [0.4, 0.5) is 10.5 Å². The Balaban J connectivity index is 1.48. The van der Waals surface area contributed by atoms with E-state index < -0.39 is 0 Å². The molecule has 1 atom stereocenters. The van der Waals surface area contributed by atoms with E-state index in [9.17, 15) is 9.59 Å². The van der Waals surface area contributed by atoms with Gasteiger partial charge in [-0.1, -0.05) is 48.0 Å². The summed E-state index contributed by atoms with van der Waals surface area (Å²) < 4.78 is 11.5. The Morgan fingerprint density at radius 3 is 2.58 bits per heavy atom. The van der Waals surface area contributed by atoms with Gasteiger partial charge >= 0.3 is 6.03 Å². The fourth-order valence-corrected chi connectivity index (χ4v) is 4.43. The van der Waals surface area contributed by atoms with Gasteiger partial charge in [0.15, 0.2) is 0 Å². The van der Waals surface area contributed by atoms with Crippen LogP contribution in [0, 0.1) is 6.92 Å². The van der Waals surface area contributed by atoms with Gasteiger partial charge in [0.1, 0.15) is 18.1 Å². The molecule has 4 rings (SSSR count). The van der Waals surface area contributed by atoms with Gasteiger partial charge in [-0.05, 0) is 62.1 Å². The van der Waals surface area contributed by atoms with E-state index in [2.05, 4.69) is 5.32 Å². The number of carbonyl (C=O) groups excluding carboxylic acids is 2. The minimum Gasteiger partial charge on any atom is -0.464 e. The zero-order valence-corrected chi connectivity index (χ0v) is 21.2. The summed E-state index contributed by atoms with van der Waals surface area (Å²) in [4.78, 5) is 30.1. The minimum absolute atomic E-state index is 0.0687. The molecule has 0 aliphatic carbocycles. The van der Waals surface area contributed by atoms with Crippen LogP contribution in [0.25, 0.3) is 0 Å². The molecule has 1 aliphatic heterocycles. The lowest BCUT2D eigenvalue weighted by molar-refractivity contribution is -0.132. The van der Waals surface area contributed by atoms with Crippen molar-refractivity contribution in [1.29, 1.82) is 0 Å². The van der Waals surface area contributed by atoms with E-state index in [4.69, 9.17) is 20.8 Å². The number of aryl methyl sites for hydroxylation is 1. The maximum Gasteiger partial charge on any atom is 0.322 e. The molecule has 1 N–H and O–H groups in total. The molecule has 0 bridgehead atoms. The van der Waals surface area contributed by atoms with Crippen molar-refractivity contribution in [2.24, 2.45) is 0 Å². The maximum absolute atomic E-state index is 13.6. The number of hydrogen-bond acceptors (Lipinski definition) is 4. The molecule has 3 amide bonds. The number of anilines is 1. The van der Waals surface area contributed by atoms with E-state index in [1.165, 1.54) is 4.90 Å². The molecule has 0 saturated carbocycles. The number of urea groups is 1. The van der Waals surface area contributed by atoms with Gasteiger partial charge in [-0.15, -0.1) is 0 Å². The Hall–Kier alpha value is -3.29. The Morgan fingerprint density at radius 1 is 1.06 bits per heavy atom. The van der Waals surface area contributed by atoms with Crippen LogP contribution in [0.3, 0.4) is 0 Å². The van der Waals surface area contributed by atoms with E-state index in [0.717, 1.165) is 24.2 Å². The molecule has 1 saturated heterocycles. The molecular formula is C28H32ClN3O4. The molecule has 2 aromatic carbocycles. The van der Waals surface area contributed by atoms with Crippen LogP contribution in [0.2, 0.25) is 5.02 Å². The molecule has 190 valence electrons. The maximum atomic E-state index is 13.6. The van der Waals surface area contributed by atoms with Gasteiger partial charge in [0.05, 0.1) is 12.6 Å². The number of furan rings is 1. The van der Waals surface area contributed by atoms with Crippen molar-refractivity contribution in [3.63, 3.8) is 0 Å². The van der Waals surface area contributed by atoms with Crippen LogP contribution in [0.1, 0.15) is 29.9 Å². The quantitative estimate of drug-likeness (QED) is 0.390. The molecule has 1 aromatic heterocycles. The second-order valence-corrected chi connectivity index (χ2v) is 9.46. The molecule has 36 heavy (non-hydrogen) atoms. The fourth-order valence-electron chi connectivity index (χ4n) is 4.24. The first-order chi connectivity index (χ1) is 17.5. The standard InChI is InChI=1S/C28H32ClN3O4/c1-21-12-13-26(36-21)19-31(15-14-22-7-3-2-4-8-22)27(33)20-32(18-25-11-6-16-35-25)28(34)30-24-10-5-9-23(29)17-24/h2-5,7-10,12-13,17,25H,6,11,14-16,18-20H2,1H3,(H,30,34). The van der Waals surface area contributed by atoms with Crippen LogP contribution in [-0.4, -0.2) is 54.1 Å². The Bertz CT molecular complexity index is 1140. The minimum atomic E-state index is -0.363. The van der Waals surface area contributed by atoms with Gasteiger partial charge in [0.25, 0.3) is 0 Å². The third-order valence-electron chi connectivity index (χ3n) is 6.15. The molecule has 2 heterocycles. The smallest absolute Gasteiger partial charge is 0.322 e. The first-order valence-electron chi connectivity index (χ1n) is 12.3. The number of hydrogen-bond donors (Lipinski definition) is 1. The summed E-state index contributed by atoms with van der Waals surface area (Å²) >= 11 is 6.08. The molecule has 0 spiro atoms. The predicted molar refractivity (Wildman–Crippen MR) is 140 cm³/mol. The second-order valence-electron chi connectivity index (χ2n) is 9.02. The van der Waals surface area contributed by atoms with Crippen LogP contribution >= 0.6 is 11.6 Å². The Labute approximate surface area is 217 Å². The van der Waals surface area contributed by atoms with Crippen LogP contribution in [0.15, 0.2) is 71.1 Å². The summed E-state index contributed by atoms with van der Waals surface area (Å²) in [5, 5.41) is 3.39. The number of carbonyl (C=O) groups is 2. The Kier molecular flexibility index (Phi) is 9.03. The highest BCUT2D eigenvalue weighted by Gasteiger charge is 2.27. The van der Waals surface area contributed by atoms with Gasteiger partial charge < -0.3 is 24.3 Å². The van der Waals surface area contributed by atoms with E-state index in [1.54, 1.807) is 29.2 Å². The van der Waals surface area contributed by atoms with Crippen molar-refractivity contribution in [1.82, 2.24) is 9.80 Å². The van der Waals surface area contributed by atoms with Crippen molar-refractivity contribution >= 4 is 29.2 Å². The molecule has 1 fully saturated rings. The van der Waals surface area contributed by atoms with Gasteiger partial charge in [-0.2, -0.15) is 0 Å². The largest absolute Gasteiger partial charge is 0.464 e. The van der Waals surface area contributed by atoms with Crippen LogP contribution < -0.4 is 5.32 Å². The van der Waals surface area contributed by atoms with Gasteiger partial charge in [0, 0.05) is 30.4 Å². The monoisotopic (exact) mass is 509 g/mol. The lowest BCUT2D eigenvalue weighted by Crippen LogP contribution is -2.47. The number of ether oxygens (including phenoxy) is 1. The Morgan fingerprint density at radius 2 is 1.89 bits per heavy atom. The summed E-state index contributed by atoms with van der Waals surface area (Å²) in [6, 6.07) is 20.4. The highest BCUT2D eigenvalue weighted by atomic mass is 35.5. The molecule has 1 unspecified atom stereocenters. The lowest BCUT2D eigenvalue weighted by atomic mass is 10.1. The van der Waals surface area contributed by atoms with E-state index in [0.29, 0.717) is 49.1 Å². The first kappa shape index (κ1) is 25.8. The highest BCUT2D eigenvalue weighted by Crippen LogP contribution is 2.18. The molecule has 1 aliphatic rings. The third kappa shape index (κ3) is 7.60. The summed E-state index contributed by atoms with van der Waals surface area (Å²) in [7, 11) is 0. The molecule has 0 radical (unpaired) electrons. The third-order valence-corrected chi connectivity index (χ3v) is 6.38. The molecule has 8 heteroatoms. The van der Waals surface area contributed by atoms with Crippen molar-refractivity contribution in [2.45, 2.75) is 38.8 Å². The van der Waals surface area contributed by atoms with E-state index >= 15 is 0 Å². The molecule has 3 aromatic rings. The number of rotatable bonds is 10. The summed E-state index contributed by atoms with van der Waals surface area (Å²) in [6.45, 7) is 3.66. The highest BCUT2D eigenvalue weighted by molar-refractivity contribution is 6.30. The van der Waals surface area contributed by atoms with Crippen LogP contribution in [0.5, 0.6) is 0 Å². The summed E-state index contributed by atoms with van der Waals surface area (Å²) in [5.41, 5.74) is 1.71. The van der Waals surface area contributed by atoms with Crippen molar-refractivity contribution in [3.05, 3.63) is 88.8 Å². The van der Waals surface area contributed by atoms with Gasteiger partial charge in [-0.3, -0.25) is 4.79 Å². The van der Waals surface area contributed by atoms with Crippen LogP contribution in [-0.2, 0) is 22.5 Å². The number of nitrogens with zero attached hydrogens (tertiary/aromatic N) is 2.